The van der Waals surface area contributed by atoms with Crippen LogP contribution in [0.1, 0.15) is 6.42 Å². The first-order valence-electron chi connectivity index (χ1n) is 5.64. The van der Waals surface area contributed by atoms with Crippen molar-refractivity contribution >= 4 is 34.9 Å². The lowest BCUT2D eigenvalue weighted by atomic mass is 10.4. The molecule has 0 radical (unpaired) electrons. The number of thiocarbonyl (C=S) groups is 1. The monoisotopic (exact) mass is 281 g/mol. The van der Waals surface area contributed by atoms with Gasteiger partial charge in [-0.25, -0.2) is 9.98 Å². The predicted molar refractivity (Wildman–Crippen MR) is 78.3 cm³/mol. The SMILES string of the molecule is C=CCNC(=S)N=c1cc(N)n2c(n1)SCCC2. The van der Waals surface area contributed by atoms with Crippen molar-refractivity contribution in [2.45, 2.75) is 18.1 Å². The van der Waals surface area contributed by atoms with Crippen LogP contribution in [0.15, 0.2) is 28.9 Å². The highest BCUT2D eigenvalue weighted by Gasteiger charge is 2.11. The molecule has 0 atom stereocenters. The van der Waals surface area contributed by atoms with E-state index in [9.17, 15) is 0 Å². The summed E-state index contributed by atoms with van der Waals surface area (Å²) < 4.78 is 2.01. The molecule has 18 heavy (non-hydrogen) atoms. The number of nitrogens with zero attached hydrogens (tertiary/aromatic N) is 3. The van der Waals surface area contributed by atoms with Gasteiger partial charge in [-0.1, -0.05) is 17.8 Å². The molecule has 3 N–H and O–H groups in total. The second kappa shape index (κ2) is 6.01. The van der Waals surface area contributed by atoms with Crippen LogP contribution in [0.5, 0.6) is 0 Å². The zero-order chi connectivity index (χ0) is 13.0. The molecule has 0 bridgehead atoms. The zero-order valence-corrected chi connectivity index (χ0v) is 11.6. The maximum Gasteiger partial charge on any atom is 0.195 e. The van der Waals surface area contributed by atoms with Crippen molar-refractivity contribution in [2.24, 2.45) is 4.99 Å². The summed E-state index contributed by atoms with van der Waals surface area (Å²) in [4.78, 5) is 8.67. The van der Waals surface area contributed by atoms with Crippen LogP contribution in [0.2, 0.25) is 0 Å². The Bertz CT molecular complexity index is 535. The number of fused-ring (bicyclic) bond motifs is 1. The maximum absolute atomic E-state index is 5.99. The third-order valence-corrected chi connectivity index (χ3v) is 3.70. The smallest absolute Gasteiger partial charge is 0.195 e. The maximum atomic E-state index is 5.99. The van der Waals surface area contributed by atoms with E-state index < -0.39 is 0 Å². The van der Waals surface area contributed by atoms with Crippen molar-refractivity contribution in [1.82, 2.24) is 14.9 Å². The quantitative estimate of drug-likeness (QED) is 0.479. The second-order valence-electron chi connectivity index (χ2n) is 3.76. The van der Waals surface area contributed by atoms with E-state index in [2.05, 4.69) is 21.9 Å². The zero-order valence-electron chi connectivity index (χ0n) is 9.93. The Kier molecular flexibility index (Phi) is 4.38. The van der Waals surface area contributed by atoms with Crippen molar-refractivity contribution in [2.75, 3.05) is 18.0 Å². The minimum absolute atomic E-state index is 0.396. The first-order chi connectivity index (χ1) is 8.70. The van der Waals surface area contributed by atoms with Gasteiger partial charge < -0.3 is 15.6 Å². The summed E-state index contributed by atoms with van der Waals surface area (Å²) >= 11 is 6.77. The normalized spacial score (nSPS) is 15.0. The lowest BCUT2D eigenvalue weighted by molar-refractivity contribution is 0.585. The molecule has 0 spiro atoms. The van der Waals surface area contributed by atoms with Gasteiger partial charge in [-0.05, 0) is 18.6 Å². The van der Waals surface area contributed by atoms with Crippen LogP contribution in [0.3, 0.4) is 0 Å². The molecule has 2 rings (SSSR count). The molecule has 0 fully saturated rings. The van der Waals surface area contributed by atoms with Crippen LogP contribution in [0.4, 0.5) is 5.82 Å². The van der Waals surface area contributed by atoms with Crippen LogP contribution in [0, 0.1) is 0 Å². The molecule has 0 saturated carbocycles. The molecule has 7 heteroatoms. The van der Waals surface area contributed by atoms with Gasteiger partial charge in [-0.2, -0.15) is 0 Å². The first kappa shape index (κ1) is 13.1. The highest BCUT2D eigenvalue weighted by molar-refractivity contribution is 7.99. The summed E-state index contributed by atoms with van der Waals surface area (Å²) in [6, 6.07) is 1.75. The van der Waals surface area contributed by atoms with Crippen molar-refractivity contribution < 1.29 is 0 Å². The van der Waals surface area contributed by atoms with Crippen LogP contribution < -0.4 is 16.5 Å². The fraction of sp³-hybridized carbons (Fsp3) is 0.364. The molecule has 1 aromatic heterocycles. The number of anilines is 1. The summed E-state index contributed by atoms with van der Waals surface area (Å²) in [5, 5.41) is 4.24. The summed E-state index contributed by atoms with van der Waals surface area (Å²) in [6.45, 7) is 5.11. The lowest BCUT2D eigenvalue weighted by Crippen LogP contribution is -2.26. The van der Waals surface area contributed by atoms with E-state index >= 15 is 0 Å². The molecular formula is C11H15N5S2. The van der Waals surface area contributed by atoms with Gasteiger partial charge in [0.1, 0.15) is 5.82 Å². The van der Waals surface area contributed by atoms with Gasteiger partial charge in [0, 0.05) is 24.9 Å². The standard InChI is InChI=1S/C11H15N5S2/c1-2-4-13-10(17)14-9-7-8(12)16-5-3-6-18-11(16)15-9/h2,7H,1,3-6,12H2,(H,13,17). The third-order valence-electron chi connectivity index (χ3n) is 2.40. The molecule has 1 aliphatic rings. The van der Waals surface area contributed by atoms with E-state index in [1.807, 2.05) is 4.57 Å². The molecular weight excluding hydrogens is 266 g/mol. The Morgan fingerprint density at radius 3 is 3.39 bits per heavy atom. The number of nitrogens with two attached hydrogens (primary N) is 1. The Morgan fingerprint density at radius 2 is 2.61 bits per heavy atom. The molecule has 0 aliphatic carbocycles. The molecule has 0 unspecified atom stereocenters. The summed E-state index contributed by atoms with van der Waals surface area (Å²) in [5.74, 6) is 1.74. The molecule has 5 nitrogen and oxygen atoms in total. The molecule has 0 saturated heterocycles. The Morgan fingerprint density at radius 1 is 1.78 bits per heavy atom. The molecule has 0 amide bonds. The van der Waals surface area contributed by atoms with Gasteiger partial charge in [0.2, 0.25) is 0 Å². The van der Waals surface area contributed by atoms with Crippen LogP contribution in [-0.4, -0.2) is 27.0 Å². The molecule has 2 heterocycles. The van der Waals surface area contributed by atoms with E-state index in [-0.39, 0.29) is 0 Å². The van der Waals surface area contributed by atoms with Crippen LogP contribution in [-0.2, 0) is 6.54 Å². The minimum Gasteiger partial charge on any atom is -0.385 e. The van der Waals surface area contributed by atoms with E-state index in [1.54, 1.807) is 23.9 Å². The number of hydrogen-bond donors (Lipinski definition) is 2. The van der Waals surface area contributed by atoms with E-state index in [0.29, 0.717) is 23.0 Å². The molecule has 96 valence electrons. The highest BCUT2D eigenvalue weighted by Crippen LogP contribution is 2.23. The lowest BCUT2D eigenvalue weighted by Gasteiger charge is -2.18. The Labute approximate surface area is 115 Å². The number of hydrogen-bond acceptors (Lipinski definition) is 4. The Hall–Kier alpha value is -1.34. The predicted octanol–water partition coefficient (Wildman–Crippen LogP) is 0.922. The molecule has 0 aromatic carbocycles. The van der Waals surface area contributed by atoms with Crippen LogP contribution >= 0.6 is 24.0 Å². The fourth-order valence-corrected chi connectivity index (χ4v) is 2.74. The number of rotatable bonds is 2. The van der Waals surface area contributed by atoms with Gasteiger partial charge in [-0.15, -0.1) is 6.58 Å². The summed E-state index contributed by atoms with van der Waals surface area (Å²) in [6.07, 6.45) is 2.84. The first-order valence-corrected chi connectivity index (χ1v) is 7.03. The average molecular weight is 281 g/mol. The van der Waals surface area contributed by atoms with Gasteiger partial charge in [0.25, 0.3) is 0 Å². The average Bonchev–Trinajstić information content (AvgIpc) is 2.36. The molecule has 1 aliphatic heterocycles. The number of nitrogens with one attached hydrogen (secondary N) is 1. The largest absolute Gasteiger partial charge is 0.385 e. The van der Waals surface area contributed by atoms with Gasteiger partial charge in [0.05, 0.1) is 0 Å². The van der Waals surface area contributed by atoms with Crippen molar-refractivity contribution in [3.05, 3.63) is 24.2 Å². The van der Waals surface area contributed by atoms with E-state index in [1.165, 1.54) is 0 Å². The fourth-order valence-electron chi connectivity index (χ4n) is 1.59. The van der Waals surface area contributed by atoms with Crippen LogP contribution in [0.25, 0.3) is 0 Å². The summed E-state index contributed by atoms with van der Waals surface area (Å²) in [7, 11) is 0. The minimum atomic E-state index is 0.396. The number of aromatic nitrogens is 2. The van der Waals surface area contributed by atoms with Gasteiger partial charge in [-0.3, -0.25) is 0 Å². The van der Waals surface area contributed by atoms with Crippen molar-refractivity contribution in [3.63, 3.8) is 0 Å². The van der Waals surface area contributed by atoms with Crippen molar-refractivity contribution in [3.8, 4) is 0 Å². The van der Waals surface area contributed by atoms with Gasteiger partial charge in [0.15, 0.2) is 15.8 Å². The van der Waals surface area contributed by atoms with E-state index in [0.717, 1.165) is 23.9 Å². The highest BCUT2D eigenvalue weighted by atomic mass is 32.2. The second-order valence-corrected chi connectivity index (χ2v) is 5.21. The Balaban J connectivity index is 2.29. The number of thioether (sulfide) groups is 1. The number of nitrogen functional groups attached to an aromatic ring is 1. The molecule has 1 aromatic rings. The van der Waals surface area contributed by atoms with E-state index in [4.69, 9.17) is 18.0 Å². The van der Waals surface area contributed by atoms with Crippen molar-refractivity contribution in [1.29, 1.82) is 0 Å². The van der Waals surface area contributed by atoms with Gasteiger partial charge >= 0.3 is 0 Å². The third kappa shape index (κ3) is 3.11. The topological polar surface area (TPSA) is 68.2 Å². The summed E-state index contributed by atoms with van der Waals surface area (Å²) in [5.41, 5.74) is 6.54.